The molecule has 0 N–H and O–H groups in total. The van der Waals surface area contributed by atoms with E-state index in [9.17, 15) is 13.6 Å². The van der Waals surface area contributed by atoms with Crippen molar-refractivity contribution in [2.75, 3.05) is 31.1 Å². The van der Waals surface area contributed by atoms with Gasteiger partial charge in [0.05, 0.1) is 5.56 Å². The Hall–Kier alpha value is -3.35. The maximum Gasteiger partial charge on any atom is 0.256 e. The maximum absolute atomic E-state index is 13.9. The van der Waals surface area contributed by atoms with Crippen molar-refractivity contribution in [1.29, 1.82) is 0 Å². The van der Waals surface area contributed by atoms with Crippen LogP contribution >= 0.6 is 0 Å². The molecule has 1 aliphatic rings. The second kappa shape index (κ2) is 7.95. The highest BCUT2D eigenvalue weighted by molar-refractivity contribution is 5.94. The molecule has 29 heavy (non-hydrogen) atoms. The molecule has 1 aliphatic heterocycles. The number of piperazine rings is 1. The van der Waals surface area contributed by atoms with Gasteiger partial charge in [0, 0.05) is 43.5 Å². The van der Waals surface area contributed by atoms with Crippen LogP contribution in [-0.4, -0.2) is 47.0 Å². The number of aromatic nitrogens is 2. The highest BCUT2D eigenvalue weighted by Gasteiger charge is 2.25. The van der Waals surface area contributed by atoms with Crippen molar-refractivity contribution in [1.82, 2.24) is 14.9 Å². The van der Waals surface area contributed by atoms with E-state index in [4.69, 9.17) is 0 Å². The van der Waals surface area contributed by atoms with Crippen LogP contribution in [0.5, 0.6) is 0 Å². The van der Waals surface area contributed by atoms with Crippen LogP contribution in [0.15, 0.2) is 54.6 Å². The molecule has 1 saturated heterocycles. The van der Waals surface area contributed by atoms with Crippen molar-refractivity contribution in [3.05, 3.63) is 77.5 Å². The first kappa shape index (κ1) is 19.0. The molecule has 1 aromatic heterocycles. The van der Waals surface area contributed by atoms with Crippen LogP contribution in [-0.2, 0) is 0 Å². The van der Waals surface area contributed by atoms with Crippen LogP contribution < -0.4 is 4.90 Å². The lowest BCUT2D eigenvalue weighted by Gasteiger charge is -2.35. The molecule has 0 aliphatic carbocycles. The molecule has 3 aromatic rings. The lowest BCUT2D eigenvalue weighted by Crippen LogP contribution is -2.49. The first-order valence-corrected chi connectivity index (χ1v) is 9.41. The van der Waals surface area contributed by atoms with Crippen molar-refractivity contribution in [2.45, 2.75) is 6.92 Å². The summed E-state index contributed by atoms with van der Waals surface area (Å²) in [6.45, 7) is 3.93. The number of rotatable bonds is 3. The molecule has 7 heteroatoms. The normalized spacial score (nSPS) is 14.2. The summed E-state index contributed by atoms with van der Waals surface area (Å²) in [6, 6.07) is 14.1. The minimum Gasteiger partial charge on any atom is -0.353 e. The molecule has 1 fully saturated rings. The van der Waals surface area contributed by atoms with E-state index in [1.165, 1.54) is 24.3 Å². The van der Waals surface area contributed by atoms with Gasteiger partial charge >= 0.3 is 0 Å². The predicted molar refractivity (Wildman–Crippen MR) is 107 cm³/mol. The molecule has 1 amide bonds. The van der Waals surface area contributed by atoms with E-state index in [0.29, 0.717) is 37.6 Å². The molecule has 148 valence electrons. The van der Waals surface area contributed by atoms with Gasteiger partial charge in [0.15, 0.2) is 5.82 Å². The van der Waals surface area contributed by atoms with E-state index in [1.54, 1.807) is 29.2 Å². The average Bonchev–Trinajstić information content (AvgIpc) is 2.73. The van der Waals surface area contributed by atoms with Crippen molar-refractivity contribution < 1.29 is 13.6 Å². The van der Waals surface area contributed by atoms with Gasteiger partial charge in [-0.1, -0.05) is 24.3 Å². The number of carbonyl (C=O) groups is 1. The Bertz CT molecular complexity index is 1050. The number of hydrogen-bond acceptors (Lipinski definition) is 4. The van der Waals surface area contributed by atoms with Crippen LogP contribution in [0.1, 0.15) is 16.1 Å². The Morgan fingerprint density at radius 3 is 2.41 bits per heavy atom. The number of nitrogens with zero attached hydrogens (tertiary/aromatic N) is 4. The molecule has 4 rings (SSSR count). The summed E-state index contributed by atoms with van der Waals surface area (Å²) in [5.41, 5.74) is 1.48. The van der Waals surface area contributed by atoms with Gasteiger partial charge < -0.3 is 9.80 Å². The third kappa shape index (κ3) is 4.08. The maximum atomic E-state index is 13.9. The molecular weight excluding hydrogens is 374 g/mol. The van der Waals surface area contributed by atoms with Crippen molar-refractivity contribution >= 4 is 11.7 Å². The van der Waals surface area contributed by atoms with Gasteiger partial charge in [0.25, 0.3) is 5.91 Å². The van der Waals surface area contributed by atoms with E-state index >= 15 is 0 Å². The van der Waals surface area contributed by atoms with Gasteiger partial charge in [-0.15, -0.1) is 0 Å². The fourth-order valence-corrected chi connectivity index (χ4v) is 3.41. The highest BCUT2D eigenvalue weighted by Crippen LogP contribution is 2.22. The van der Waals surface area contributed by atoms with Gasteiger partial charge in [-0.25, -0.2) is 18.7 Å². The van der Waals surface area contributed by atoms with E-state index in [2.05, 4.69) is 14.9 Å². The number of aryl methyl sites for hydroxylation is 1. The van der Waals surface area contributed by atoms with E-state index in [-0.39, 0.29) is 17.3 Å². The number of carbonyl (C=O) groups excluding carboxylic acids is 1. The third-order valence-electron chi connectivity index (χ3n) is 4.92. The summed E-state index contributed by atoms with van der Waals surface area (Å²) >= 11 is 0. The van der Waals surface area contributed by atoms with Gasteiger partial charge in [-0.05, 0) is 31.2 Å². The van der Waals surface area contributed by atoms with E-state index in [1.807, 2.05) is 13.0 Å². The SMILES string of the molecule is Cc1cc(N2CCN(C(=O)c3ccccc3F)CC2)nc(-c2cccc(F)c2)n1. The number of hydrogen-bond donors (Lipinski definition) is 0. The summed E-state index contributed by atoms with van der Waals surface area (Å²) in [5, 5.41) is 0. The summed E-state index contributed by atoms with van der Waals surface area (Å²) in [7, 11) is 0. The van der Waals surface area contributed by atoms with Gasteiger partial charge in [-0.3, -0.25) is 4.79 Å². The lowest BCUT2D eigenvalue weighted by atomic mass is 10.1. The van der Waals surface area contributed by atoms with Crippen LogP contribution in [0.3, 0.4) is 0 Å². The molecule has 0 bridgehead atoms. The van der Waals surface area contributed by atoms with Gasteiger partial charge in [0.2, 0.25) is 0 Å². The smallest absolute Gasteiger partial charge is 0.256 e. The fraction of sp³-hybridized carbons (Fsp3) is 0.227. The predicted octanol–water partition coefficient (Wildman–Crippen LogP) is 3.69. The van der Waals surface area contributed by atoms with Gasteiger partial charge in [0.1, 0.15) is 17.5 Å². The minimum atomic E-state index is -0.508. The minimum absolute atomic E-state index is 0.0900. The molecule has 0 unspecified atom stereocenters. The third-order valence-corrected chi connectivity index (χ3v) is 4.92. The Kier molecular flexibility index (Phi) is 5.20. The van der Waals surface area contributed by atoms with Crippen LogP contribution in [0.2, 0.25) is 0 Å². The lowest BCUT2D eigenvalue weighted by molar-refractivity contribution is 0.0742. The zero-order chi connectivity index (χ0) is 20.4. The topological polar surface area (TPSA) is 49.3 Å². The summed E-state index contributed by atoms with van der Waals surface area (Å²) in [6.07, 6.45) is 0. The summed E-state index contributed by atoms with van der Waals surface area (Å²) in [5.74, 6) is 0.0432. The largest absolute Gasteiger partial charge is 0.353 e. The fourth-order valence-electron chi connectivity index (χ4n) is 3.41. The highest BCUT2D eigenvalue weighted by atomic mass is 19.1. The molecule has 0 radical (unpaired) electrons. The molecule has 2 heterocycles. The van der Waals surface area contributed by atoms with E-state index in [0.717, 1.165) is 11.5 Å². The van der Waals surface area contributed by atoms with Gasteiger partial charge in [-0.2, -0.15) is 0 Å². The van der Waals surface area contributed by atoms with Crippen LogP contribution in [0, 0.1) is 18.6 Å². The number of amides is 1. The number of halogens is 2. The molecule has 0 saturated carbocycles. The first-order valence-electron chi connectivity index (χ1n) is 9.41. The van der Waals surface area contributed by atoms with E-state index < -0.39 is 5.82 Å². The quantitative estimate of drug-likeness (QED) is 0.680. The Balaban J connectivity index is 1.50. The number of benzene rings is 2. The second-order valence-electron chi connectivity index (χ2n) is 6.96. The van der Waals surface area contributed by atoms with Crippen LogP contribution in [0.25, 0.3) is 11.4 Å². The summed E-state index contributed by atoms with van der Waals surface area (Å²) in [4.78, 5) is 25.3. The second-order valence-corrected chi connectivity index (χ2v) is 6.96. The van der Waals surface area contributed by atoms with Crippen molar-refractivity contribution in [2.24, 2.45) is 0 Å². The molecule has 5 nitrogen and oxygen atoms in total. The molecule has 0 spiro atoms. The Morgan fingerprint density at radius 2 is 1.69 bits per heavy atom. The zero-order valence-electron chi connectivity index (χ0n) is 16.0. The number of anilines is 1. The van der Waals surface area contributed by atoms with Crippen molar-refractivity contribution in [3.8, 4) is 11.4 Å². The zero-order valence-corrected chi connectivity index (χ0v) is 16.0. The monoisotopic (exact) mass is 394 g/mol. The first-order chi connectivity index (χ1) is 14.0. The Labute approximate surface area is 167 Å². The Morgan fingerprint density at radius 1 is 0.931 bits per heavy atom. The van der Waals surface area contributed by atoms with Crippen molar-refractivity contribution in [3.63, 3.8) is 0 Å². The molecule has 2 aromatic carbocycles. The summed E-state index contributed by atoms with van der Waals surface area (Å²) < 4.78 is 27.5. The molecule has 0 atom stereocenters. The average molecular weight is 394 g/mol. The molecular formula is C22H20F2N4O. The van der Waals surface area contributed by atoms with Crippen LogP contribution in [0.4, 0.5) is 14.6 Å². The standard InChI is InChI=1S/C22H20F2N4O/c1-15-13-20(26-21(25-15)16-5-4-6-17(23)14-16)27-9-11-28(12-10-27)22(29)18-7-2-3-8-19(18)24/h2-8,13-14H,9-12H2,1H3.